The van der Waals surface area contributed by atoms with Crippen molar-refractivity contribution in [3.05, 3.63) is 70.7 Å². The maximum atomic E-state index is 6.05. The highest BCUT2D eigenvalue weighted by Crippen LogP contribution is 2.28. The summed E-state index contributed by atoms with van der Waals surface area (Å²) < 4.78 is 0. The predicted octanol–water partition coefficient (Wildman–Crippen LogP) is 3.82. The minimum absolute atomic E-state index is 0.333. The van der Waals surface area contributed by atoms with E-state index < -0.39 is 0 Å². The van der Waals surface area contributed by atoms with Gasteiger partial charge in [-0.3, -0.25) is 0 Å². The maximum Gasteiger partial charge on any atom is 0.0408 e. The van der Waals surface area contributed by atoms with Crippen LogP contribution in [0.2, 0.25) is 5.02 Å². The van der Waals surface area contributed by atoms with Crippen molar-refractivity contribution in [1.82, 2.24) is 0 Å². The number of benzene rings is 2. The van der Waals surface area contributed by atoms with Gasteiger partial charge in [-0.2, -0.15) is 0 Å². The Hall–Kier alpha value is -1.31. The zero-order chi connectivity index (χ0) is 12.1. The summed E-state index contributed by atoms with van der Waals surface area (Å²) in [5, 5.41) is 0.778. The third-order valence-corrected chi connectivity index (χ3v) is 3.14. The molecule has 2 heteroatoms. The Labute approximate surface area is 107 Å². The van der Waals surface area contributed by atoms with Crippen LogP contribution < -0.4 is 5.73 Å². The molecule has 0 aliphatic carbocycles. The van der Waals surface area contributed by atoms with Gasteiger partial charge in [0, 0.05) is 10.9 Å². The van der Waals surface area contributed by atoms with Crippen LogP contribution in [0.15, 0.2) is 54.6 Å². The van der Waals surface area contributed by atoms with Crippen molar-refractivity contribution < 1.29 is 0 Å². The molecule has 17 heavy (non-hydrogen) atoms. The second-order valence-corrected chi connectivity index (χ2v) is 4.53. The summed E-state index contributed by atoms with van der Waals surface area (Å²) in [5.74, 6) is 0.333. The lowest BCUT2D eigenvalue weighted by Gasteiger charge is -2.17. The van der Waals surface area contributed by atoms with Gasteiger partial charge in [-0.1, -0.05) is 54.1 Å². The molecule has 1 atom stereocenters. The van der Waals surface area contributed by atoms with Crippen LogP contribution in [-0.2, 0) is 0 Å². The first kappa shape index (κ1) is 12.2. The molecule has 88 valence electrons. The Morgan fingerprint density at radius 3 is 2.29 bits per heavy atom. The van der Waals surface area contributed by atoms with Gasteiger partial charge in [-0.15, -0.1) is 0 Å². The lowest BCUT2D eigenvalue weighted by atomic mass is 9.89. The maximum absolute atomic E-state index is 6.05. The highest BCUT2D eigenvalue weighted by Gasteiger charge is 2.13. The number of halogens is 1. The Balaban J connectivity index is 2.35. The van der Waals surface area contributed by atoms with Gasteiger partial charge in [-0.05, 0) is 36.2 Å². The van der Waals surface area contributed by atoms with Crippen LogP contribution in [0.1, 0.15) is 23.5 Å². The third-order valence-electron chi connectivity index (χ3n) is 2.91. The minimum atomic E-state index is 0.333. The van der Waals surface area contributed by atoms with E-state index in [0.717, 1.165) is 11.4 Å². The van der Waals surface area contributed by atoms with E-state index in [0.29, 0.717) is 12.5 Å². The van der Waals surface area contributed by atoms with Crippen LogP contribution in [0, 0.1) is 0 Å². The van der Waals surface area contributed by atoms with Crippen LogP contribution in [0.5, 0.6) is 0 Å². The second kappa shape index (κ2) is 5.85. The van der Waals surface area contributed by atoms with Gasteiger partial charge in [0.25, 0.3) is 0 Å². The molecule has 1 unspecified atom stereocenters. The first-order valence-electron chi connectivity index (χ1n) is 5.81. The van der Waals surface area contributed by atoms with Crippen LogP contribution in [0.25, 0.3) is 0 Å². The van der Waals surface area contributed by atoms with Crippen molar-refractivity contribution in [1.29, 1.82) is 0 Å². The van der Waals surface area contributed by atoms with E-state index in [4.69, 9.17) is 17.3 Å². The van der Waals surface area contributed by atoms with Gasteiger partial charge >= 0.3 is 0 Å². The summed E-state index contributed by atoms with van der Waals surface area (Å²) in [6.45, 7) is 0.673. The van der Waals surface area contributed by atoms with Crippen LogP contribution in [0.4, 0.5) is 0 Å². The van der Waals surface area contributed by atoms with Crippen molar-refractivity contribution in [2.45, 2.75) is 12.3 Å². The summed E-state index contributed by atoms with van der Waals surface area (Å²) in [7, 11) is 0. The SMILES string of the molecule is NCCC(c1ccccc1)c1cccc(Cl)c1. The summed E-state index contributed by atoms with van der Waals surface area (Å²) in [6, 6.07) is 18.4. The van der Waals surface area contributed by atoms with Gasteiger partial charge in [0.15, 0.2) is 0 Å². The normalized spacial score (nSPS) is 12.4. The molecular weight excluding hydrogens is 230 g/mol. The van der Waals surface area contributed by atoms with Gasteiger partial charge in [0.05, 0.1) is 0 Å². The van der Waals surface area contributed by atoms with E-state index >= 15 is 0 Å². The highest BCUT2D eigenvalue weighted by molar-refractivity contribution is 6.30. The van der Waals surface area contributed by atoms with Crippen LogP contribution in [-0.4, -0.2) is 6.54 Å². The zero-order valence-electron chi connectivity index (χ0n) is 9.64. The van der Waals surface area contributed by atoms with Gasteiger partial charge in [0.1, 0.15) is 0 Å². The molecule has 2 aromatic carbocycles. The van der Waals surface area contributed by atoms with Crippen LogP contribution in [0.3, 0.4) is 0 Å². The van der Waals surface area contributed by atoms with Crippen molar-refractivity contribution in [2.75, 3.05) is 6.54 Å². The van der Waals surface area contributed by atoms with Crippen LogP contribution >= 0.6 is 11.6 Å². The summed E-state index contributed by atoms with van der Waals surface area (Å²) in [4.78, 5) is 0. The van der Waals surface area contributed by atoms with E-state index in [1.54, 1.807) is 0 Å². The van der Waals surface area contributed by atoms with E-state index in [-0.39, 0.29) is 0 Å². The standard InChI is InChI=1S/C15H16ClN/c16-14-8-4-7-13(11-14)15(9-10-17)12-5-2-1-3-6-12/h1-8,11,15H,9-10,17H2. The molecule has 0 amide bonds. The average molecular weight is 246 g/mol. The molecule has 0 spiro atoms. The molecule has 2 N–H and O–H groups in total. The summed E-state index contributed by atoms with van der Waals surface area (Å²) >= 11 is 6.05. The number of hydrogen-bond acceptors (Lipinski definition) is 1. The molecule has 0 saturated carbocycles. The Bertz CT molecular complexity index is 467. The lowest BCUT2D eigenvalue weighted by molar-refractivity contribution is 0.726. The fourth-order valence-corrected chi connectivity index (χ4v) is 2.30. The molecule has 0 fully saturated rings. The topological polar surface area (TPSA) is 26.0 Å². The van der Waals surface area contributed by atoms with E-state index in [9.17, 15) is 0 Å². The molecule has 0 aliphatic rings. The first-order chi connectivity index (χ1) is 8.31. The van der Waals surface area contributed by atoms with Crippen molar-refractivity contribution in [3.8, 4) is 0 Å². The van der Waals surface area contributed by atoms with E-state index in [2.05, 4.69) is 30.3 Å². The first-order valence-corrected chi connectivity index (χ1v) is 6.19. The monoisotopic (exact) mass is 245 g/mol. The number of hydrogen-bond donors (Lipinski definition) is 1. The molecule has 0 saturated heterocycles. The average Bonchev–Trinajstić information content (AvgIpc) is 2.37. The van der Waals surface area contributed by atoms with Gasteiger partial charge in [0.2, 0.25) is 0 Å². The predicted molar refractivity (Wildman–Crippen MR) is 73.4 cm³/mol. The quantitative estimate of drug-likeness (QED) is 0.871. The van der Waals surface area contributed by atoms with Gasteiger partial charge < -0.3 is 5.73 Å². The Morgan fingerprint density at radius 2 is 1.65 bits per heavy atom. The Kier molecular flexibility index (Phi) is 4.18. The van der Waals surface area contributed by atoms with E-state index in [1.807, 2.05) is 24.3 Å². The smallest absolute Gasteiger partial charge is 0.0408 e. The Morgan fingerprint density at radius 1 is 0.941 bits per heavy atom. The molecule has 0 radical (unpaired) electrons. The van der Waals surface area contributed by atoms with Gasteiger partial charge in [-0.25, -0.2) is 0 Å². The molecular formula is C15H16ClN. The number of nitrogens with two attached hydrogens (primary N) is 1. The molecule has 2 aromatic rings. The largest absolute Gasteiger partial charge is 0.330 e. The summed E-state index contributed by atoms with van der Waals surface area (Å²) in [6.07, 6.45) is 0.935. The molecule has 0 aliphatic heterocycles. The highest BCUT2D eigenvalue weighted by atomic mass is 35.5. The van der Waals surface area contributed by atoms with Crippen molar-refractivity contribution >= 4 is 11.6 Å². The third kappa shape index (κ3) is 3.09. The molecule has 0 bridgehead atoms. The molecule has 2 rings (SSSR count). The molecule has 0 aromatic heterocycles. The minimum Gasteiger partial charge on any atom is -0.330 e. The second-order valence-electron chi connectivity index (χ2n) is 4.10. The fourth-order valence-electron chi connectivity index (χ4n) is 2.10. The molecule has 0 heterocycles. The van der Waals surface area contributed by atoms with Crippen molar-refractivity contribution in [2.24, 2.45) is 5.73 Å². The zero-order valence-corrected chi connectivity index (χ0v) is 10.4. The van der Waals surface area contributed by atoms with Crippen molar-refractivity contribution in [3.63, 3.8) is 0 Å². The lowest BCUT2D eigenvalue weighted by Crippen LogP contribution is -2.08. The number of rotatable bonds is 4. The molecule has 1 nitrogen and oxygen atoms in total. The summed E-state index contributed by atoms with van der Waals surface area (Å²) in [5.41, 5.74) is 8.23. The fraction of sp³-hybridized carbons (Fsp3) is 0.200. The van der Waals surface area contributed by atoms with E-state index in [1.165, 1.54) is 11.1 Å².